The van der Waals surface area contributed by atoms with Gasteiger partial charge in [-0.3, -0.25) is 9.59 Å². The molecular weight excluding hydrogens is 308 g/mol. The van der Waals surface area contributed by atoms with Crippen molar-refractivity contribution < 1.29 is 9.59 Å². The van der Waals surface area contributed by atoms with Gasteiger partial charge in [-0.2, -0.15) is 0 Å². The van der Waals surface area contributed by atoms with Crippen LogP contribution in [0.5, 0.6) is 0 Å². The molecule has 0 radical (unpaired) electrons. The van der Waals surface area contributed by atoms with Crippen molar-refractivity contribution >= 4 is 23.2 Å². The lowest BCUT2D eigenvalue weighted by atomic mass is 10.2. The summed E-state index contributed by atoms with van der Waals surface area (Å²) in [5, 5.41) is 0. The first kappa shape index (κ1) is 15.7. The minimum atomic E-state index is -0.385. The molecule has 1 aliphatic carbocycles. The van der Waals surface area contributed by atoms with Crippen LogP contribution in [0, 0.1) is 0 Å². The highest BCUT2D eigenvalue weighted by atomic mass is 32.1. The molecule has 2 N–H and O–H groups in total. The number of benzene rings is 1. The maximum atomic E-state index is 12.9. The number of nitrogens with two attached hydrogens (primary N) is 1. The van der Waals surface area contributed by atoms with E-state index in [2.05, 4.69) is 0 Å². The second kappa shape index (κ2) is 6.96. The summed E-state index contributed by atoms with van der Waals surface area (Å²) in [6.07, 6.45) is 3.51. The molecular formula is C18H20N2O2S. The molecule has 2 aromatic rings. The molecule has 0 unspecified atom stereocenters. The van der Waals surface area contributed by atoms with Crippen molar-refractivity contribution in [2.45, 2.75) is 32.2 Å². The Balaban J connectivity index is 1.78. The Hall–Kier alpha value is -2.14. The van der Waals surface area contributed by atoms with Gasteiger partial charge in [0.05, 0.1) is 4.88 Å². The Morgan fingerprint density at radius 3 is 2.65 bits per heavy atom. The summed E-state index contributed by atoms with van der Waals surface area (Å²) >= 11 is 1.60. The fraction of sp³-hybridized carbons (Fsp3) is 0.333. The third-order valence-corrected chi connectivity index (χ3v) is 5.31. The van der Waals surface area contributed by atoms with E-state index in [1.54, 1.807) is 16.2 Å². The van der Waals surface area contributed by atoms with Gasteiger partial charge in [0.25, 0.3) is 5.91 Å². The maximum absolute atomic E-state index is 12.9. The molecule has 0 atom stereocenters. The zero-order valence-corrected chi connectivity index (χ0v) is 13.8. The van der Waals surface area contributed by atoms with E-state index >= 15 is 0 Å². The second-order valence-electron chi connectivity index (χ2n) is 5.84. The first-order chi connectivity index (χ1) is 11.1. The highest BCUT2D eigenvalue weighted by Gasteiger charge is 2.22. The number of hydrogen-bond donors (Lipinski definition) is 1. The molecule has 0 fully saturated rings. The number of carbonyl (C=O) groups is 2. The first-order valence-electron chi connectivity index (χ1n) is 7.86. The molecule has 0 saturated heterocycles. The van der Waals surface area contributed by atoms with Crippen LogP contribution in [0.4, 0.5) is 0 Å². The summed E-state index contributed by atoms with van der Waals surface area (Å²) in [5.41, 5.74) is 7.62. The average molecular weight is 328 g/mol. The van der Waals surface area contributed by atoms with E-state index in [0.29, 0.717) is 13.1 Å². The van der Waals surface area contributed by atoms with Crippen LogP contribution in [0.15, 0.2) is 36.4 Å². The summed E-state index contributed by atoms with van der Waals surface area (Å²) in [6.45, 7) is 0.848. The van der Waals surface area contributed by atoms with Gasteiger partial charge in [-0.05, 0) is 36.5 Å². The molecule has 0 saturated carbocycles. The molecule has 0 spiro atoms. The Morgan fingerprint density at radius 2 is 1.96 bits per heavy atom. The van der Waals surface area contributed by atoms with Gasteiger partial charge in [0.2, 0.25) is 5.91 Å². The number of carbonyl (C=O) groups excluding carboxylic acids is 2. The Labute approximate surface area is 139 Å². The summed E-state index contributed by atoms with van der Waals surface area (Å²) in [6, 6.07) is 11.8. The lowest BCUT2D eigenvalue weighted by molar-refractivity contribution is -0.118. The van der Waals surface area contributed by atoms with E-state index in [9.17, 15) is 9.59 Å². The maximum Gasteiger partial charge on any atom is 0.264 e. The van der Waals surface area contributed by atoms with Crippen molar-refractivity contribution in [3.63, 3.8) is 0 Å². The summed E-state index contributed by atoms with van der Waals surface area (Å²) in [4.78, 5) is 27.8. The molecule has 1 heterocycles. The molecule has 3 rings (SSSR count). The van der Waals surface area contributed by atoms with E-state index in [0.717, 1.165) is 23.3 Å². The monoisotopic (exact) mass is 328 g/mol. The van der Waals surface area contributed by atoms with Crippen LogP contribution in [0.25, 0.3) is 0 Å². The topological polar surface area (TPSA) is 63.4 Å². The normalized spacial score (nSPS) is 12.9. The number of nitrogens with zero attached hydrogens (tertiary/aromatic N) is 1. The molecule has 1 aliphatic rings. The zero-order chi connectivity index (χ0) is 16.2. The summed E-state index contributed by atoms with van der Waals surface area (Å²) < 4.78 is 0. The molecule has 0 aliphatic heterocycles. The van der Waals surface area contributed by atoms with Crippen molar-refractivity contribution in [1.82, 2.24) is 4.90 Å². The van der Waals surface area contributed by atoms with Crippen molar-refractivity contribution in [3.8, 4) is 0 Å². The summed E-state index contributed by atoms with van der Waals surface area (Å²) in [7, 11) is 0. The fourth-order valence-corrected chi connectivity index (χ4v) is 4.11. The van der Waals surface area contributed by atoms with Crippen molar-refractivity contribution in [2.24, 2.45) is 5.73 Å². The van der Waals surface area contributed by atoms with Crippen LogP contribution in [0.1, 0.15) is 38.5 Å². The molecule has 4 nitrogen and oxygen atoms in total. The van der Waals surface area contributed by atoms with E-state index in [4.69, 9.17) is 5.73 Å². The van der Waals surface area contributed by atoms with E-state index in [1.165, 1.54) is 16.9 Å². The van der Waals surface area contributed by atoms with Gasteiger partial charge in [0.1, 0.15) is 0 Å². The number of amides is 2. The van der Waals surface area contributed by atoms with E-state index < -0.39 is 0 Å². The van der Waals surface area contributed by atoms with Gasteiger partial charge in [-0.25, -0.2) is 0 Å². The number of thiophene rings is 1. The number of aryl methyl sites for hydroxylation is 2. The van der Waals surface area contributed by atoms with Crippen LogP contribution in [-0.4, -0.2) is 23.3 Å². The molecule has 2 amide bonds. The van der Waals surface area contributed by atoms with E-state index in [-0.39, 0.29) is 18.2 Å². The molecule has 5 heteroatoms. The SMILES string of the molecule is NC(=O)CCN(Cc1ccccc1)C(=O)c1cc2c(s1)CCC2. The third kappa shape index (κ3) is 3.79. The quantitative estimate of drug-likeness (QED) is 0.886. The average Bonchev–Trinajstić information content (AvgIpc) is 3.13. The van der Waals surface area contributed by atoms with Crippen LogP contribution in [-0.2, 0) is 24.2 Å². The minimum absolute atomic E-state index is 0.00509. The number of primary amides is 1. The van der Waals surface area contributed by atoms with Gasteiger partial charge in [0, 0.05) is 24.4 Å². The predicted molar refractivity (Wildman–Crippen MR) is 91.3 cm³/mol. The lowest BCUT2D eigenvalue weighted by Crippen LogP contribution is -2.33. The zero-order valence-electron chi connectivity index (χ0n) is 13.0. The minimum Gasteiger partial charge on any atom is -0.370 e. The molecule has 23 heavy (non-hydrogen) atoms. The number of rotatable bonds is 6. The molecule has 1 aromatic heterocycles. The van der Waals surface area contributed by atoms with Gasteiger partial charge < -0.3 is 10.6 Å². The van der Waals surface area contributed by atoms with Gasteiger partial charge in [-0.1, -0.05) is 30.3 Å². The molecule has 0 bridgehead atoms. The Kier molecular flexibility index (Phi) is 4.76. The Morgan fingerprint density at radius 1 is 1.17 bits per heavy atom. The van der Waals surface area contributed by atoms with Gasteiger partial charge >= 0.3 is 0 Å². The smallest absolute Gasteiger partial charge is 0.264 e. The van der Waals surface area contributed by atoms with Crippen molar-refractivity contribution in [1.29, 1.82) is 0 Å². The molecule has 120 valence electrons. The second-order valence-corrected chi connectivity index (χ2v) is 6.98. The van der Waals surface area contributed by atoms with Crippen LogP contribution >= 0.6 is 11.3 Å². The van der Waals surface area contributed by atoms with Crippen LogP contribution < -0.4 is 5.73 Å². The van der Waals surface area contributed by atoms with Gasteiger partial charge in [-0.15, -0.1) is 11.3 Å². The lowest BCUT2D eigenvalue weighted by Gasteiger charge is -2.21. The van der Waals surface area contributed by atoms with Crippen LogP contribution in [0.2, 0.25) is 0 Å². The summed E-state index contributed by atoms with van der Waals surface area (Å²) in [5.74, 6) is -0.390. The standard InChI is InChI=1S/C18H20N2O2S/c19-17(21)9-10-20(12-13-5-2-1-3-6-13)18(22)16-11-14-7-4-8-15(14)23-16/h1-3,5-6,11H,4,7-10,12H2,(H2,19,21). The van der Waals surface area contributed by atoms with Crippen molar-refractivity contribution in [3.05, 3.63) is 57.3 Å². The number of fused-ring (bicyclic) bond motifs is 1. The van der Waals surface area contributed by atoms with Gasteiger partial charge in [0.15, 0.2) is 0 Å². The van der Waals surface area contributed by atoms with E-state index in [1.807, 2.05) is 36.4 Å². The highest BCUT2D eigenvalue weighted by molar-refractivity contribution is 7.14. The Bertz CT molecular complexity index is 688. The van der Waals surface area contributed by atoms with Crippen LogP contribution in [0.3, 0.4) is 0 Å². The first-order valence-corrected chi connectivity index (χ1v) is 8.68. The predicted octanol–water partition coefficient (Wildman–Crippen LogP) is 2.75. The highest BCUT2D eigenvalue weighted by Crippen LogP contribution is 2.31. The fourth-order valence-electron chi connectivity index (χ4n) is 2.89. The largest absolute Gasteiger partial charge is 0.370 e. The number of hydrogen-bond acceptors (Lipinski definition) is 3. The molecule has 1 aromatic carbocycles. The van der Waals surface area contributed by atoms with Crippen molar-refractivity contribution in [2.75, 3.05) is 6.54 Å². The third-order valence-electron chi connectivity index (χ3n) is 4.09.